The molecule has 3 heterocycles. The lowest BCUT2D eigenvalue weighted by Crippen LogP contribution is -2.64. The Morgan fingerprint density at radius 2 is 2.19 bits per heavy atom. The first-order chi connectivity index (χ1) is 12.6. The normalized spacial score (nSPS) is 23.2. The zero-order valence-electron chi connectivity index (χ0n) is 16.3. The van der Waals surface area contributed by atoms with Gasteiger partial charge >= 0.3 is 0 Å². The maximum atomic E-state index is 11.2. The summed E-state index contributed by atoms with van der Waals surface area (Å²) >= 11 is 0. The van der Waals surface area contributed by atoms with Gasteiger partial charge in [0.15, 0.2) is 0 Å². The number of aromatic amines is 1. The Morgan fingerprint density at radius 3 is 2.81 bits per heavy atom. The van der Waals surface area contributed by atoms with E-state index in [9.17, 15) is 4.79 Å². The third-order valence-corrected chi connectivity index (χ3v) is 6.69. The van der Waals surface area contributed by atoms with E-state index >= 15 is 0 Å². The molecule has 2 aromatic heterocycles. The minimum Gasteiger partial charge on any atom is -0.360 e. The number of carbonyl (C=O) groups is 1. The molecule has 2 atom stereocenters. The van der Waals surface area contributed by atoms with E-state index in [1.807, 2.05) is 0 Å². The number of nitrogens with zero attached hydrogens (tertiary/aromatic N) is 2. The first-order valence-corrected chi connectivity index (χ1v) is 10.3. The van der Waals surface area contributed by atoms with Crippen LogP contribution in [0, 0.1) is 5.41 Å². The van der Waals surface area contributed by atoms with Gasteiger partial charge in [0.25, 0.3) is 0 Å². The summed E-state index contributed by atoms with van der Waals surface area (Å²) in [5.41, 5.74) is 5.17. The molecular formula is C22H31N3O. The number of fused-ring (bicyclic) bond motifs is 1. The van der Waals surface area contributed by atoms with Gasteiger partial charge in [0.1, 0.15) is 6.29 Å². The number of rotatable bonds is 7. The summed E-state index contributed by atoms with van der Waals surface area (Å²) in [5, 5.41) is 0. The Morgan fingerprint density at radius 1 is 1.38 bits per heavy atom. The number of H-pyrrole nitrogens is 1. The van der Waals surface area contributed by atoms with E-state index in [-0.39, 0.29) is 0 Å². The maximum Gasteiger partial charge on any atom is 0.121 e. The molecule has 2 aliphatic rings. The van der Waals surface area contributed by atoms with Gasteiger partial charge in [-0.15, -0.1) is 0 Å². The van der Waals surface area contributed by atoms with Crippen molar-refractivity contribution in [1.29, 1.82) is 0 Å². The third kappa shape index (κ3) is 2.70. The van der Waals surface area contributed by atoms with Crippen molar-refractivity contribution in [3.63, 3.8) is 0 Å². The van der Waals surface area contributed by atoms with E-state index in [4.69, 9.17) is 4.98 Å². The van der Waals surface area contributed by atoms with Crippen molar-refractivity contribution >= 4 is 17.3 Å². The second-order valence-electron chi connectivity index (χ2n) is 8.67. The molecule has 2 aromatic rings. The van der Waals surface area contributed by atoms with Crippen LogP contribution in [0.15, 0.2) is 18.3 Å². The maximum absolute atomic E-state index is 11.2. The molecule has 1 aliphatic heterocycles. The summed E-state index contributed by atoms with van der Waals surface area (Å²) in [6.07, 6.45) is 10.0. The van der Waals surface area contributed by atoms with Gasteiger partial charge in [0, 0.05) is 30.6 Å². The smallest absolute Gasteiger partial charge is 0.121 e. The van der Waals surface area contributed by atoms with E-state index in [1.165, 1.54) is 30.5 Å². The fourth-order valence-corrected chi connectivity index (χ4v) is 5.16. The number of carbonyl (C=O) groups excluding carboxylic acids is 1. The number of aromatic nitrogens is 2. The standard InChI is InChI=1S/C22H31N3O/c1-4-6-16(9-12-26)25-14-22(10-5-11-22)21(25)19-8-7-18-20(24-19)17(13-23-18)15(2)3/h7-8,12-13,15-16,21,23H,4-6,9-11,14H2,1-3H3. The highest BCUT2D eigenvalue weighted by molar-refractivity contribution is 5.79. The van der Waals surface area contributed by atoms with Crippen LogP contribution in [0.1, 0.15) is 82.5 Å². The van der Waals surface area contributed by atoms with Gasteiger partial charge in [-0.05, 0) is 42.9 Å². The Bertz CT molecular complexity index is 790. The quantitative estimate of drug-likeness (QED) is 0.715. The fraction of sp³-hybridized carbons (Fsp3) is 0.636. The first-order valence-electron chi connectivity index (χ1n) is 10.3. The molecule has 0 aromatic carbocycles. The van der Waals surface area contributed by atoms with Gasteiger partial charge in [0.2, 0.25) is 0 Å². The number of nitrogens with one attached hydrogen (secondary N) is 1. The number of hydrogen-bond acceptors (Lipinski definition) is 3. The molecule has 0 bridgehead atoms. The Labute approximate surface area is 156 Å². The molecule has 1 saturated heterocycles. The van der Waals surface area contributed by atoms with Crippen LogP contribution in [0.2, 0.25) is 0 Å². The third-order valence-electron chi connectivity index (χ3n) is 6.69. The second kappa shape index (κ2) is 6.80. The van der Waals surface area contributed by atoms with Gasteiger partial charge in [0.05, 0.1) is 22.8 Å². The van der Waals surface area contributed by atoms with Crippen LogP contribution in [0.5, 0.6) is 0 Å². The molecule has 2 unspecified atom stereocenters. The highest BCUT2D eigenvalue weighted by Gasteiger charge is 2.58. The van der Waals surface area contributed by atoms with Crippen LogP contribution >= 0.6 is 0 Å². The fourth-order valence-electron chi connectivity index (χ4n) is 5.16. The topological polar surface area (TPSA) is 49.0 Å². The Balaban J connectivity index is 1.71. The molecule has 1 spiro atoms. The average molecular weight is 354 g/mol. The molecule has 4 heteroatoms. The summed E-state index contributed by atoms with van der Waals surface area (Å²) in [5.74, 6) is 0.463. The van der Waals surface area contributed by atoms with Gasteiger partial charge in [-0.25, -0.2) is 4.98 Å². The van der Waals surface area contributed by atoms with Crippen LogP contribution in [-0.2, 0) is 4.79 Å². The molecule has 1 N–H and O–H groups in total. The molecule has 4 rings (SSSR count). The average Bonchev–Trinajstić information content (AvgIpc) is 2.96. The SMILES string of the molecule is CCCC(CC=O)N1CC2(CCC2)C1c1ccc2[nH]cc(C(C)C)c2n1. The van der Waals surface area contributed by atoms with Crippen molar-refractivity contribution in [2.45, 2.75) is 77.3 Å². The molecule has 1 saturated carbocycles. The highest BCUT2D eigenvalue weighted by Crippen LogP contribution is 2.61. The monoisotopic (exact) mass is 353 g/mol. The zero-order chi connectivity index (χ0) is 18.3. The summed E-state index contributed by atoms with van der Waals surface area (Å²) in [7, 11) is 0. The van der Waals surface area contributed by atoms with Gasteiger partial charge < -0.3 is 9.78 Å². The van der Waals surface area contributed by atoms with Gasteiger partial charge in [-0.2, -0.15) is 0 Å². The summed E-state index contributed by atoms with van der Waals surface area (Å²) < 4.78 is 0. The molecular weight excluding hydrogens is 322 g/mol. The van der Waals surface area contributed by atoms with Crippen molar-refractivity contribution in [1.82, 2.24) is 14.9 Å². The van der Waals surface area contributed by atoms with Crippen LogP contribution in [0.3, 0.4) is 0 Å². The Hall–Kier alpha value is -1.68. The lowest BCUT2D eigenvalue weighted by molar-refractivity contribution is -0.155. The highest BCUT2D eigenvalue weighted by atomic mass is 16.1. The summed E-state index contributed by atoms with van der Waals surface area (Å²) in [6, 6.07) is 5.15. The van der Waals surface area contributed by atoms with Crippen LogP contribution in [0.25, 0.3) is 11.0 Å². The van der Waals surface area contributed by atoms with E-state index in [0.717, 1.165) is 36.7 Å². The number of aldehydes is 1. The number of hydrogen-bond donors (Lipinski definition) is 1. The number of pyridine rings is 1. The molecule has 1 aliphatic carbocycles. The molecule has 140 valence electrons. The minimum absolute atomic E-state index is 0.363. The van der Waals surface area contributed by atoms with E-state index in [1.54, 1.807) is 0 Å². The van der Waals surface area contributed by atoms with Crippen LogP contribution < -0.4 is 0 Å². The zero-order valence-corrected chi connectivity index (χ0v) is 16.3. The lowest BCUT2D eigenvalue weighted by Gasteiger charge is -2.64. The molecule has 2 fully saturated rings. The van der Waals surface area contributed by atoms with Crippen molar-refractivity contribution in [2.24, 2.45) is 5.41 Å². The van der Waals surface area contributed by atoms with Crippen LogP contribution in [0.4, 0.5) is 0 Å². The minimum atomic E-state index is 0.363. The molecule has 0 amide bonds. The lowest BCUT2D eigenvalue weighted by atomic mass is 9.56. The van der Waals surface area contributed by atoms with E-state index in [2.05, 4.69) is 49.0 Å². The largest absolute Gasteiger partial charge is 0.360 e. The summed E-state index contributed by atoms with van der Waals surface area (Å²) in [6.45, 7) is 7.80. The molecule has 0 radical (unpaired) electrons. The van der Waals surface area contributed by atoms with Crippen LogP contribution in [-0.4, -0.2) is 33.7 Å². The van der Waals surface area contributed by atoms with Gasteiger partial charge in [-0.1, -0.05) is 33.6 Å². The summed E-state index contributed by atoms with van der Waals surface area (Å²) in [4.78, 5) is 22.3. The Kier molecular flexibility index (Phi) is 4.64. The van der Waals surface area contributed by atoms with Crippen molar-refractivity contribution in [2.75, 3.05) is 6.54 Å². The predicted molar refractivity (Wildman–Crippen MR) is 105 cm³/mol. The first kappa shape index (κ1) is 17.7. The van der Waals surface area contributed by atoms with E-state index < -0.39 is 0 Å². The predicted octanol–water partition coefficient (Wildman–Crippen LogP) is 4.97. The second-order valence-corrected chi connectivity index (χ2v) is 8.67. The molecule has 4 nitrogen and oxygen atoms in total. The van der Waals surface area contributed by atoms with Crippen molar-refractivity contribution in [3.8, 4) is 0 Å². The van der Waals surface area contributed by atoms with Crippen molar-refractivity contribution < 1.29 is 4.79 Å². The number of likely N-dealkylation sites (tertiary alicyclic amines) is 1. The van der Waals surface area contributed by atoms with Gasteiger partial charge in [-0.3, -0.25) is 4.90 Å². The molecule has 26 heavy (non-hydrogen) atoms. The van der Waals surface area contributed by atoms with E-state index in [0.29, 0.717) is 29.8 Å². The van der Waals surface area contributed by atoms with Crippen molar-refractivity contribution in [3.05, 3.63) is 29.6 Å².